The fourth-order valence-electron chi connectivity index (χ4n) is 1.60. The topological polar surface area (TPSA) is 73.0 Å². The summed E-state index contributed by atoms with van der Waals surface area (Å²) in [7, 11) is -3.88. The van der Waals surface area contributed by atoms with E-state index in [4.69, 9.17) is 5.73 Å². The van der Waals surface area contributed by atoms with Crippen LogP contribution in [0.25, 0.3) is 0 Å². The maximum absolute atomic E-state index is 13.5. The Bertz CT molecular complexity index is 766. The van der Waals surface area contributed by atoms with E-state index in [0.29, 0.717) is 10.5 Å². The lowest BCUT2D eigenvalue weighted by Crippen LogP contribution is -2.10. The van der Waals surface area contributed by atoms with Gasteiger partial charge >= 0.3 is 0 Å². The zero-order valence-electron chi connectivity index (χ0n) is 9.98. The fraction of sp³-hybridized carbons (Fsp3) is 0.0833. The number of hydrogen-bond donors (Lipinski definition) is 1. The van der Waals surface area contributed by atoms with Gasteiger partial charge in [0.15, 0.2) is 9.84 Å². The number of sulfone groups is 1. The summed E-state index contributed by atoms with van der Waals surface area (Å²) in [5.41, 5.74) is 5.39. The summed E-state index contributed by atoms with van der Waals surface area (Å²) in [5, 5.41) is 0. The van der Waals surface area contributed by atoms with Crippen molar-refractivity contribution in [1.82, 2.24) is 4.98 Å². The van der Waals surface area contributed by atoms with Crippen molar-refractivity contribution in [3.8, 4) is 0 Å². The third kappa shape index (κ3) is 3.13. The number of rotatable bonds is 3. The molecule has 2 rings (SSSR count). The van der Waals surface area contributed by atoms with Crippen molar-refractivity contribution in [3.63, 3.8) is 0 Å². The number of anilines is 1. The van der Waals surface area contributed by atoms with E-state index in [1.807, 2.05) is 0 Å². The van der Waals surface area contributed by atoms with Crippen molar-refractivity contribution in [3.05, 3.63) is 52.1 Å². The lowest BCUT2D eigenvalue weighted by molar-refractivity contribution is 0.569. The zero-order chi connectivity index (χ0) is 14.9. The maximum atomic E-state index is 13.5. The Morgan fingerprint density at radius 3 is 2.60 bits per heavy atom. The van der Waals surface area contributed by atoms with Crippen LogP contribution in [0.5, 0.6) is 0 Å². The van der Waals surface area contributed by atoms with Crippen LogP contribution in [-0.4, -0.2) is 13.4 Å². The maximum Gasteiger partial charge on any atom is 0.186 e. The molecule has 1 heterocycles. The molecule has 1 aromatic carbocycles. The summed E-state index contributed by atoms with van der Waals surface area (Å²) in [6.45, 7) is 0. The van der Waals surface area contributed by atoms with Crippen molar-refractivity contribution in [2.45, 2.75) is 10.6 Å². The summed E-state index contributed by atoms with van der Waals surface area (Å²) in [5.74, 6) is -2.49. The van der Waals surface area contributed by atoms with Crippen molar-refractivity contribution in [1.29, 1.82) is 0 Å². The predicted molar refractivity (Wildman–Crippen MR) is 73.6 cm³/mol. The molecule has 106 valence electrons. The molecule has 20 heavy (non-hydrogen) atoms. The van der Waals surface area contributed by atoms with Gasteiger partial charge in [-0.2, -0.15) is 0 Å². The first-order valence-corrected chi connectivity index (χ1v) is 7.82. The molecule has 0 saturated carbocycles. The molecule has 0 radical (unpaired) electrons. The summed E-state index contributed by atoms with van der Waals surface area (Å²) < 4.78 is 51.2. The van der Waals surface area contributed by atoms with Crippen molar-refractivity contribution < 1.29 is 17.2 Å². The highest BCUT2D eigenvalue weighted by Crippen LogP contribution is 2.25. The van der Waals surface area contributed by atoms with Crippen LogP contribution in [0.15, 0.2) is 39.8 Å². The minimum Gasteiger partial charge on any atom is -0.383 e. The number of aromatic nitrogens is 1. The quantitative estimate of drug-likeness (QED) is 0.910. The van der Waals surface area contributed by atoms with Gasteiger partial charge in [-0.15, -0.1) is 0 Å². The van der Waals surface area contributed by atoms with Gasteiger partial charge in [0.25, 0.3) is 0 Å². The molecule has 0 spiro atoms. The summed E-state index contributed by atoms with van der Waals surface area (Å²) in [4.78, 5) is 3.52. The lowest BCUT2D eigenvalue weighted by atomic mass is 10.2. The van der Waals surface area contributed by atoms with Gasteiger partial charge in [-0.25, -0.2) is 22.2 Å². The minimum atomic E-state index is -3.88. The highest BCUT2D eigenvalue weighted by atomic mass is 79.9. The molecule has 0 aliphatic carbocycles. The molecular formula is C12H9BrF2N2O2S. The molecule has 0 bridgehead atoms. The summed E-state index contributed by atoms with van der Waals surface area (Å²) >= 11 is 3.09. The van der Waals surface area contributed by atoms with Gasteiger partial charge in [0.1, 0.15) is 22.3 Å². The fourth-order valence-corrected chi connectivity index (χ4v) is 3.56. The number of benzene rings is 1. The van der Waals surface area contributed by atoms with E-state index < -0.39 is 27.2 Å². The monoisotopic (exact) mass is 362 g/mol. The lowest BCUT2D eigenvalue weighted by Gasteiger charge is -2.08. The normalized spacial score (nSPS) is 11.6. The number of pyridine rings is 1. The Kier molecular flexibility index (Phi) is 4.05. The second-order valence-corrected chi connectivity index (χ2v) is 6.91. The van der Waals surface area contributed by atoms with E-state index >= 15 is 0 Å². The largest absolute Gasteiger partial charge is 0.383 e. The molecule has 1 aromatic heterocycles. The molecule has 4 nitrogen and oxygen atoms in total. The first-order chi connectivity index (χ1) is 9.29. The first-order valence-electron chi connectivity index (χ1n) is 5.37. The van der Waals surface area contributed by atoms with Gasteiger partial charge in [0.05, 0.1) is 5.75 Å². The molecule has 2 N–H and O–H groups in total. The summed E-state index contributed by atoms with van der Waals surface area (Å²) in [6, 6.07) is 4.01. The number of nitrogen functional groups attached to an aromatic ring is 1. The molecule has 0 amide bonds. The number of halogens is 3. The van der Waals surface area contributed by atoms with E-state index in [2.05, 4.69) is 20.9 Å². The number of nitrogens with zero attached hydrogens (tertiary/aromatic N) is 1. The van der Waals surface area contributed by atoms with Crippen LogP contribution in [0.2, 0.25) is 0 Å². The molecule has 0 aliphatic heterocycles. The standard InChI is InChI=1S/C12H9BrF2N2O2S/c13-8-3-11(12(16)17-5-8)20(18,19)6-7-1-2-9(14)4-10(7)15/h1-5H,6H2,(H2,16,17). The van der Waals surface area contributed by atoms with E-state index in [0.717, 1.165) is 12.1 Å². The second-order valence-electron chi connectivity index (χ2n) is 4.03. The van der Waals surface area contributed by atoms with Gasteiger partial charge in [0, 0.05) is 22.3 Å². The number of hydrogen-bond acceptors (Lipinski definition) is 4. The SMILES string of the molecule is Nc1ncc(Br)cc1S(=O)(=O)Cc1ccc(F)cc1F. The van der Waals surface area contributed by atoms with Gasteiger partial charge in [-0.3, -0.25) is 0 Å². The Labute approximate surface area is 122 Å². The third-order valence-corrected chi connectivity index (χ3v) is 4.67. The Morgan fingerprint density at radius 2 is 1.95 bits per heavy atom. The zero-order valence-corrected chi connectivity index (χ0v) is 12.4. The molecule has 0 saturated heterocycles. The molecule has 8 heteroatoms. The summed E-state index contributed by atoms with van der Waals surface area (Å²) in [6.07, 6.45) is 1.35. The molecule has 0 unspecified atom stereocenters. The van der Waals surface area contributed by atoms with Gasteiger partial charge in [-0.05, 0) is 28.1 Å². The van der Waals surface area contributed by atoms with Crippen molar-refractivity contribution in [2.75, 3.05) is 5.73 Å². The Balaban J connectivity index is 2.43. The van der Waals surface area contributed by atoms with Crippen LogP contribution in [0.1, 0.15) is 5.56 Å². The molecular weight excluding hydrogens is 354 g/mol. The average Bonchev–Trinajstić information content (AvgIpc) is 2.35. The molecule has 2 aromatic rings. The van der Waals surface area contributed by atoms with Gasteiger partial charge in [-0.1, -0.05) is 6.07 Å². The molecule has 0 aliphatic rings. The Hall–Kier alpha value is -1.54. The van der Waals surface area contributed by atoms with E-state index in [1.165, 1.54) is 12.3 Å². The van der Waals surface area contributed by atoms with E-state index in [-0.39, 0.29) is 16.3 Å². The van der Waals surface area contributed by atoms with Crippen LogP contribution >= 0.6 is 15.9 Å². The Morgan fingerprint density at radius 1 is 1.25 bits per heavy atom. The van der Waals surface area contributed by atoms with Crippen molar-refractivity contribution in [2.24, 2.45) is 0 Å². The first kappa shape index (κ1) is 14.9. The molecule has 0 atom stereocenters. The third-order valence-electron chi connectivity index (χ3n) is 2.54. The van der Waals surface area contributed by atoms with Crippen molar-refractivity contribution >= 4 is 31.6 Å². The average molecular weight is 363 g/mol. The van der Waals surface area contributed by atoms with Crippen LogP contribution < -0.4 is 5.73 Å². The van der Waals surface area contributed by atoms with Gasteiger partial charge in [0.2, 0.25) is 0 Å². The second kappa shape index (κ2) is 5.45. The highest BCUT2D eigenvalue weighted by molar-refractivity contribution is 9.10. The number of nitrogens with two attached hydrogens (primary N) is 1. The van der Waals surface area contributed by atoms with Gasteiger partial charge < -0.3 is 5.73 Å². The van der Waals surface area contributed by atoms with Crippen LogP contribution in [0, 0.1) is 11.6 Å². The van der Waals surface area contributed by atoms with Crippen LogP contribution in [0.3, 0.4) is 0 Å². The van der Waals surface area contributed by atoms with E-state index in [9.17, 15) is 17.2 Å². The smallest absolute Gasteiger partial charge is 0.186 e. The van der Waals surface area contributed by atoms with E-state index in [1.54, 1.807) is 0 Å². The highest BCUT2D eigenvalue weighted by Gasteiger charge is 2.21. The predicted octanol–water partition coefficient (Wildman–Crippen LogP) is 2.68. The molecule has 0 fully saturated rings. The minimum absolute atomic E-state index is 0.134. The van der Waals surface area contributed by atoms with Crippen LogP contribution in [0.4, 0.5) is 14.6 Å². The van der Waals surface area contributed by atoms with Crippen LogP contribution in [-0.2, 0) is 15.6 Å².